The number of amides is 1. The van der Waals surface area contributed by atoms with Gasteiger partial charge in [-0.1, -0.05) is 30.3 Å². The molecule has 0 bridgehead atoms. The standard InChI is InChI=1S/C20H26N4O3/c1-20(10-5-13-27-20)18(25)23-11-8-16(9-12-23)17-21-22-19(26)24(17)14-15-6-3-2-4-7-15/h2-4,6-7,16H,5,8-14H2,1H3,(H,22,26)/t20-/m1/s1. The highest BCUT2D eigenvalue weighted by Gasteiger charge is 2.41. The van der Waals surface area contributed by atoms with E-state index in [0.717, 1.165) is 37.1 Å². The van der Waals surface area contributed by atoms with Gasteiger partial charge in [0.25, 0.3) is 5.91 Å². The van der Waals surface area contributed by atoms with Crippen LogP contribution in [-0.4, -0.2) is 50.9 Å². The van der Waals surface area contributed by atoms with E-state index < -0.39 is 5.60 Å². The van der Waals surface area contributed by atoms with Gasteiger partial charge in [-0.15, -0.1) is 0 Å². The quantitative estimate of drug-likeness (QED) is 0.891. The van der Waals surface area contributed by atoms with E-state index in [2.05, 4.69) is 10.2 Å². The van der Waals surface area contributed by atoms with Gasteiger partial charge in [-0.05, 0) is 38.2 Å². The predicted octanol–water partition coefficient (Wildman–Crippen LogP) is 1.89. The van der Waals surface area contributed by atoms with Crippen LogP contribution in [0.15, 0.2) is 35.1 Å². The summed E-state index contributed by atoms with van der Waals surface area (Å²) in [7, 11) is 0. The number of nitrogens with zero attached hydrogens (tertiary/aromatic N) is 3. The lowest BCUT2D eigenvalue weighted by molar-refractivity contribution is -0.152. The minimum atomic E-state index is -0.658. The second-order valence-corrected chi connectivity index (χ2v) is 7.71. The van der Waals surface area contributed by atoms with Crippen molar-refractivity contribution in [2.45, 2.75) is 50.7 Å². The third-order valence-electron chi connectivity index (χ3n) is 5.79. The average molecular weight is 370 g/mol. The lowest BCUT2D eigenvalue weighted by atomic mass is 9.93. The number of H-pyrrole nitrogens is 1. The first-order chi connectivity index (χ1) is 13.1. The smallest absolute Gasteiger partial charge is 0.343 e. The van der Waals surface area contributed by atoms with Crippen molar-refractivity contribution in [1.29, 1.82) is 0 Å². The summed E-state index contributed by atoms with van der Waals surface area (Å²) in [6.45, 7) is 4.43. The van der Waals surface area contributed by atoms with Gasteiger partial charge in [0.1, 0.15) is 11.4 Å². The molecule has 2 aliphatic rings. The van der Waals surface area contributed by atoms with Crippen LogP contribution in [0, 0.1) is 0 Å². The summed E-state index contributed by atoms with van der Waals surface area (Å²) in [4.78, 5) is 27.0. The number of carbonyl (C=O) groups excluding carboxylic acids is 1. The van der Waals surface area contributed by atoms with Gasteiger partial charge >= 0.3 is 5.69 Å². The molecule has 144 valence electrons. The van der Waals surface area contributed by atoms with Gasteiger partial charge < -0.3 is 9.64 Å². The maximum Gasteiger partial charge on any atom is 0.343 e. The summed E-state index contributed by atoms with van der Waals surface area (Å²) in [5.74, 6) is 1.07. The summed E-state index contributed by atoms with van der Waals surface area (Å²) in [5, 5.41) is 6.89. The topological polar surface area (TPSA) is 80.2 Å². The molecule has 2 aliphatic heterocycles. The van der Waals surface area contributed by atoms with Crippen LogP contribution in [0.3, 0.4) is 0 Å². The number of aromatic nitrogens is 3. The maximum atomic E-state index is 12.8. The van der Waals surface area contributed by atoms with Crippen LogP contribution < -0.4 is 5.69 Å². The molecule has 0 saturated carbocycles. The zero-order valence-electron chi connectivity index (χ0n) is 15.7. The molecular formula is C20H26N4O3. The number of likely N-dealkylation sites (tertiary alicyclic amines) is 1. The molecule has 0 radical (unpaired) electrons. The number of piperidine rings is 1. The van der Waals surface area contributed by atoms with Crippen LogP contribution in [-0.2, 0) is 16.1 Å². The first kappa shape index (κ1) is 18.0. The fourth-order valence-electron chi connectivity index (χ4n) is 4.18. The highest BCUT2D eigenvalue weighted by atomic mass is 16.5. The lowest BCUT2D eigenvalue weighted by Crippen LogP contribution is -2.49. The van der Waals surface area contributed by atoms with Crippen molar-refractivity contribution in [2.24, 2.45) is 0 Å². The zero-order valence-corrected chi connectivity index (χ0v) is 15.7. The number of hydrogen-bond donors (Lipinski definition) is 1. The van der Waals surface area contributed by atoms with Crippen molar-refractivity contribution < 1.29 is 9.53 Å². The van der Waals surface area contributed by atoms with Crippen molar-refractivity contribution in [1.82, 2.24) is 19.7 Å². The van der Waals surface area contributed by atoms with E-state index in [9.17, 15) is 9.59 Å². The number of ether oxygens (including phenoxy) is 1. The maximum absolute atomic E-state index is 12.8. The number of benzene rings is 1. The fourth-order valence-corrected chi connectivity index (χ4v) is 4.18. The van der Waals surface area contributed by atoms with Gasteiger partial charge in [0.2, 0.25) is 0 Å². The summed E-state index contributed by atoms with van der Waals surface area (Å²) in [6, 6.07) is 9.91. The molecule has 0 spiro atoms. The zero-order chi connectivity index (χ0) is 18.9. The average Bonchev–Trinajstić information content (AvgIpc) is 3.30. The highest BCUT2D eigenvalue weighted by Crippen LogP contribution is 2.31. The Labute approximate surface area is 158 Å². The third kappa shape index (κ3) is 3.56. The van der Waals surface area contributed by atoms with E-state index in [0.29, 0.717) is 26.2 Å². The molecule has 1 atom stereocenters. The molecule has 1 aromatic carbocycles. The molecule has 7 heteroatoms. The predicted molar refractivity (Wildman–Crippen MR) is 101 cm³/mol. The summed E-state index contributed by atoms with van der Waals surface area (Å²) < 4.78 is 7.42. The summed E-state index contributed by atoms with van der Waals surface area (Å²) >= 11 is 0. The number of aromatic amines is 1. The van der Waals surface area contributed by atoms with E-state index in [-0.39, 0.29) is 17.5 Å². The fraction of sp³-hybridized carbons (Fsp3) is 0.550. The van der Waals surface area contributed by atoms with E-state index >= 15 is 0 Å². The minimum absolute atomic E-state index is 0.0992. The van der Waals surface area contributed by atoms with Gasteiger partial charge in [-0.25, -0.2) is 9.89 Å². The molecule has 2 saturated heterocycles. The lowest BCUT2D eigenvalue weighted by Gasteiger charge is -2.36. The first-order valence-corrected chi connectivity index (χ1v) is 9.69. The van der Waals surface area contributed by atoms with Gasteiger partial charge in [-0.3, -0.25) is 9.36 Å². The Hall–Kier alpha value is -2.41. The van der Waals surface area contributed by atoms with Crippen LogP contribution in [0.4, 0.5) is 0 Å². The Morgan fingerprint density at radius 3 is 2.70 bits per heavy atom. The van der Waals surface area contributed by atoms with E-state index in [1.54, 1.807) is 4.57 Å². The van der Waals surface area contributed by atoms with Crippen molar-refractivity contribution in [3.63, 3.8) is 0 Å². The molecule has 27 heavy (non-hydrogen) atoms. The number of hydrogen-bond acceptors (Lipinski definition) is 4. The van der Waals surface area contributed by atoms with Crippen LogP contribution in [0.2, 0.25) is 0 Å². The van der Waals surface area contributed by atoms with Crippen LogP contribution in [0.25, 0.3) is 0 Å². The molecule has 4 rings (SSSR count). The van der Waals surface area contributed by atoms with Crippen molar-refractivity contribution in [2.75, 3.05) is 19.7 Å². The Bertz CT molecular complexity index is 844. The minimum Gasteiger partial charge on any atom is -0.365 e. The molecule has 2 aromatic rings. The molecule has 1 aromatic heterocycles. The highest BCUT2D eigenvalue weighted by molar-refractivity contribution is 5.85. The van der Waals surface area contributed by atoms with Gasteiger partial charge in [0.05, 0.1) is 6.54 Å². The molecule has 2 fully saturated rings. The SMILES string of the molecule is C[C@]1(C(=O)N2CCC(c3n[nH]c(=O)n3Cc3ccccc3)CC2)CCCO1. The largest absolute Gasteiger partial charge is 0.365 e. The Morgan fingerprint density at radius 1 is 1.30 bits per heavy atom. The molecule has 1 amide bonds. The Balaban J connectivity index is 1.44. The van der Waals surface area contributed by atoms with Crippen molar-refractivity contribution in [3.8, 4) is 0 Å². The number of carbonyl (C=O) groups is 1. The molecule has 7 nitrogen and oxygen atoms in total. The van der Waals surface area contributed by atoms with Crippen LogP contribution >= 0.6 is 0 Å². The van der Waals surface area contributed by atoms with E-state index in [1.165, 1.54) is 0 Å². The third-order valence-corrected chi connectivity index (χ3v) is 5.79. The van der Waals surface area contributed by atoms with Crippen molar-refractivity contribution in [3.05, 3.63) is 52.2 Å². The van der Waals surface area contributed by atoms with Gasteiger partial charge in [-0.2, -0.15) is 5.10 Å². The molecule has 0 unspecified atom stereocenters. The second-order valence-electron chi connectivity index (χ2n) is 7.71. The monoisotopic (exact) mass is 370 g/mol. The van der Waals surface area contributed by atoms with Crippen LogP contribution in [0.1, 0.15) is 49.9 Å². The van der Waals surface area contributed by atoms with Gasteiger partial charge in [0.15, 0.2) is 0 Å². The Morgan fingerprint density at radius 2 is 2.04 bits per heavy atom. The normalized spacial score (nSPS) is 23.7. The van der Waals surface area contributed by atoms with Crippen molar-refractivity contribution >= 4 is 5.91 Å². The van der Waals surface area contributed by atoms with Gasteiger partial charge in [0, 0.05) is 25.6 Å². The number of nitrogens with one attached hydrogen (secondary N) is 1. The molecule has 1 N–H and O–H groups in total. The molecular weight excluding hydrogens is 344 g/mol. The summed E-state index contributed by atoms with van der Waals surface area (Å²) in [6.07, 6.45) is 3.35. The van der Waals surface area contributed by atoms with Crippen LogP contribution in [0.5, 0.6) is 0 Å². The Kier molecular flexibility index (Phi) is 4.86. The number of rotatable bonds is 4. The molecule has 0 aliphatic carbocycles. The summed E-state index contributed by atoms with van der Waals surface area (Å²) in [5.41, 5.74) is 0.231. The first-order valence-electron chi connectivity index (χ1n) is 9.69. The van der Waals surface area contributed by atoms with E-state index in [1.807, 2.05) is 42.2 Å². The molecule has 3 heterocycles. The van der Waals surface area contributed by atoms with E-state index in [4.69, 9.17) is 4.74 Å². The second kappa shape index (κ2) is 7.31.